The molecule has 3 aromatic carbocycles. The van der Waals surface area contributed by atoms with Crippen LogP contribution in [0.1, 0.15) is 11.5 Å². The summed E-state index contributed by atoms with van der Waals surface area (Å²) in [7, 11) is 0. The molecule has 2 aromatic heterocycles. The third kappa shape index (κ3) is 4.44. The summed E-state index contributed by atoms with van der Waals surface area (Å²) in [5.74, 6) is 0.991. The average Bonchev–Trinajstić information content (AvgIpc) is 3.34. The Morgan fingerprint density at radius 1 is 0.941 bits per heavy atom. The van der Waals surface area contributed by atoms with Crippen molar-refractivity contribution in [2.24, 2.45) is 0 Å². The molecule has 5 rings (SSSR count). The molecule has 0 N–H and O–H groups in total. The summed E-state index contributed by atoms with van der Waals surface area (Å²) < 4.78 is 7.01. The predicted octanol–water partition coefficient (Wildman–Crippen LogP) is 4.70. The minimum absolute atomic E-state index is 0.0122. The highest BCUT2D eigenvalue weighted by Gasteiger charge is 2.15. The normalized spacial score (nSPS) is 11.1. The molecule has 10 heteroatoms. The van der Waals surface area contributed by atoms with E-state index < -0.39 is 4.92 Å². The van der Waals surface area contributed by atoms with Crippen LogP contribution in [0.2, 0.25) is 0 Å². The maximum absolute atomic E-state index is 13.2. The summed E-state index contributed by atoms with van der Waals surface area (Å²) in [4.78, 5) is 32.7. The maximum Gasteiger partial charge on any atom is 0.269 e. The first-order valence-electron chi connectivity index (χ1n) is 10.3. The van der Waals surface area contributed by atoms with E-state index in [1.54, 1.807) is 22.8 Å². The molecule has 0 saturated heterocycles. The summed E-state index contributed by atoms with van der Waals surface area (Å²) >= 11 is 1.33. The van der Waals surface area contributed by atoms with Crippen LogP contribution in [0.3, 0.4) is 0 Å². The van der Waals surface area contributed by atoms with Crippen LogP contribution in [0.25, 0.3) is 22.3 Å². The number of nitrogens with zero attached hydrogens (tertiary/aromatic N) is 5. The van der Waals surface area contributed by atoms with Crippen molar-refractivity contribution in [2.75, 3.05) is 0 Å². The minimum Gasteiger partial charge on any atom is -0.338 e. The lowest BCUT2D eigenvalue weighted by Crippen LogP contribution is -2.24. The van der Waals surface area contributed by atoms with Gasteiger partial charge in [-0.2, -0.15) is 4.98 Å². The number of hydrogen-bond acceptors (Lipinski definition) is 8. The van der Waals surface area contributed by atoms with E-state index in [1.165, 1.54) is 23.9 Å². The Labute approximate surface area is 197 Å². The zero-order valence-corrected chi connectivity index (χ0v) is 18.5. The van der Waals surface area contributed by atoms with Gasteiger partial charge in [0.1, 0.15) is 0 Å². The molecule has 0 bridgehead atoms. The van der Waals surface area contributed by atoms with Gasteiger partial charge in [0.15, 0.2) is 5.16 Å². The smallest absolute Gasteiger partial charge is 0.269 e. The maximum atomic E-state index is 13.2. The molecule has 9 nitrogen and oxygen atoms in total. The van der Waals surface area contributed by atoms with Crippen LogP contribution in [0.15, 0.2) is 93.3 Å². The van der Waals surface area contributed by atoms with Crippen molar-refractivity contribution in [1.82, 2.24) is 19.7 Å². The molecule has 5 aromatic rings. The van der Waals surface area contributed by atoms with Crippen molar-refractivity contribution in [3.63, 3.8) is 0 Å². The van der Waals surface area contributed by atoms with Gasteiger partial charge in [0.2, 0.25) is 11.7 Å². The first-order chi connectivity index (χ1) is 16.6. The first kappa shape index (κ1) is 21.5. The molecule has 0 fully saturated rings. The number of non-ortho nitro benzene ring substituents is 1. The van der Waals surface area contributed by atoms with Gasteiger partial charge in [-0.25, -0.2) is 4.98 Å². The second-order valence-corrected chi connectivity index (χ2v) is 8.34. The summed E-state index contributed by atoms with van der Waals surface area (Å²) in [5.41, 5.74) is 2.09. The number of nitro groups is 1. The highest BCUT2D eigenvalue weighted by atomic mass is 32.2. The molecule has 2 heterocycles. The first-order valence-corrected chi connectivity index (χ1v) is 11.3. The number of para-hydroxylation sites is 1. The number of fused-ring (bicyclic) bond motifs is 1. The molecule has 0 unspecified atom stereocenters. The summed E-state index contributed by atoms with van der Waals surface area (Å²) in [6.07, 6.45) is 0. The van der Waals surface area contributed by atoms with E-state index in [0.29, 0.717) is 45.6 Å². The Balaban J connectivity index is 1.42. The fourth-order valence-corrected chi connectivity index (χ4v) is 4.29. The van der Waals surface area contributed by atoms with Crippen molar-refractivity contribution in [2.45, 2.75) is 17.5 Å². The summed E-state index contributed by atoms with van der Waals surface area (Å²) in [6.45, 7) is 0.387. The fourth-order valence-electron chi connectivity index (χ4n) is 3.45. The van der Waals surface area contributed by atoms with Crippen LogP contribution < -0.4 is 5.56 Å². The monoisotopic (exact) mass is 471 g/mol. The van der Waals surface area contributed by atoms with Crippen LogP contribution in [0.4, 0.5) is 5.69 Å². The number of hydrogen-bond donors (Lipinski definition) is 0. The molecule has 0 radical (unpaired) electrons. The van der Waals surface area contributed by atoms with Crippen molar-refractivity contribution in [1.29, 1.82) is 0 Å². The van der Waals surface area contributed by atoms with Crippen LogP contribution in [0, 0.1) is 10.1 Å². The van der Waals surface area contributed by atoms with Crippen molar-refractivity contribution < 1.29 is 9.45 Å². The third-order valence-electron chi connectivity index (χ3n) is 5.14. The van der Waals surface area contributed by atoms with E-state index >= 15 is 0 Å². The van der Waals surface area contributed by atoms with Gasteiger partial charge in [-0.15, -0.1) is 0 Å². The number of thioether (sulfide) groups is 1. The second kappa shape index (κ2) is 9.28. The van der Waals surface area contributed by atoms with Gasteiger partial charge in [-0.3, -0.25) is 19.5 Å². The zero-order chi connectivity index (χ0) is 23.5. The van der Waals surface area contributed by atoms with E-state index in [4.69, 9.17) is 9.51 Å². The molecule has 168 valence electrons. The molecule has 0 aliphatic rings. The Morgan fingerprint density at radius 3 is 2.44 bits per heavy atom. The van der Waals surface area contributed by atoms with Crippen LogP contribution >= 0.6 is 11.8 Å². The number of nitro benzene ring substituents is 1. The van der Waals surface area contributed by atoms with E-state index in [0.717, 1.165) is 5.56 Å². The Morgan fingerprint density at radius 2 is 1.68 bits per heavy atom. The van der Waals surface area contributed by atoms with Gasteiger partial charge >= 0.3 is 0 Å². The zero-order valence-electron chi connectivity index (χ0n) is 17.7. The third-order valence-corrected chi connectivity index (χ3v) is 6.10. The van der Waals surface area contributed by atoms with Crippen LogP contribution in [0.5, 0.6) is 0 Å². The number of rotatable bonds is 7. The Kier molecular flexibility index (Phi) is 5.88. The summed E-state index contributed by atoms with van der Waals surface area (Å²) in [6, 6.07) is 22.9. The highest BCUT2D eigenvalue weighted by Crippen LogP contribution is 2.25. The van der Waals surface area contributed by atoms with Crippen molar-refractivity contribution in [3.8, 4) is 11.4 Å². The SMILES string of the molecule is O=c1c2ccccc2nc(SCc2nc(-c3ccc([N+](=O)[O-])cc3)no2)n1Cc1ccccc1. The standard InChI is InChI=1S/C24H17N5O4S/c30-23-19-8-4-5-9-20(19)25-24(28(23)14-16-6-2-1-3-7-16)34-15-21-26-22(27-33-21)17-10-12-18(13-11-17)29(31)32/h1-13H,14-15H2. The molecule has 0 spiro atoms. The van der Waals surface area contributed by atoms with Crippen LogP contribution in [-0.4, -0.2) is 24.6 Å². The molecular formula is C24H17N5O4S. The lowest BCUT2D eigenvalue weighted by molar-refractivity contribution is -0.384. The van der Waals surface area contributed by atoms with Gasteiger partial charge in [-0.05, 0) is 29.8 Å². The quantitative estimate of drug-likeness (QED) is 0.145. The largest absolute Gasteiger partial charge is 0.338 e. The minimum atomic E-state index is -0.465. The van der Waals surface area contributed by atoms with Crippen molar-refractivity contribution >= 4 is 28.4 Å². The lowest BCUT2D eigenvalue weighted by atomic mass is 10.2. The van der Waals surface area contributed by atoms with Gasteiger partial charge in [-0.1, -0.05) is 59.4 Å². The Hall–Kier alpha value is -4.31. The van der Waals surface area contributed by atoms with E-state index in [9.17, 15) is 14.9 Å². The lowest BCUT2D eigenvalue weighted by Gasteiger charge is -2.12. The van der Waals surface area contributed by atoms with E-state index in [2.05, 4.69) is 10.1 Å². The Bertz CT molecular complexity index is 1530. The molecule has 34 heavy (non-hydrogen) atoms. The van der Waals surface area contributed by atoms with E-state index in [-0.39, 0.29) is 11.2 Å². The van der Waals surface area contributed by atoms with Gasteiger partial charge in [0.05, 0.1) is 28.1 Å². The number of benzene rings is 3. The molecular weight excluding hydrogens is 454 g/mol. The summed E-state index contributed by atoms with van der Waals surface area (Å²) in [5, 5.41) is 15.9. The second-order valence-electron chi connectivity index (χ2n) is 7.39. The van der Waals surface area contributed by atoms with Gasteiger partial charge < -0.3 is 4.52 Å². The fraction of sp³-hybridized carbons (Fsp3) is 0.0833. The molecule has 0 saturated carbocycles. The number of aromatic nitrogens is 4. The molecule has 0 aliphatic carbocycles. The predicted molar refractivity (Wildman–Crippen MR) is 127 cm³/mol. The van der Waals surface area contributed by atoms with Gasteiger partial charge in [0, 0.05) is 17.7 Å². The molecule has 0 amide bonds. The average molecular weight is 471 g/mol. The topological polar surface area (TPSA) is 117 Å². The molecule has 0 aliphatic heterocycles. The van der Waals surface area contributed by atoms with Crippen LogP contribution in [-0.2, 0) is 12.3 Å². The van der Waals surface area contributed by atoms with Gasteiger partial charge in [0.25, 0.3) is 11.2 Å². The van der Waals surface area contributed by atoms with Crippen molar-refractivity contribution in [3.05, 3.63) is 111 Å². The highest BCUT2D eigenvalue weighted by molar-refractivity contribution is 7.98. The molecule has 0 atom stereocenters. The van der Waals surface area contributed by atoms with E-state index in [1.807, 2.05) is 48.5 Å².